The monoisotopic (exact) mass is 184 g/mol. The summed E-state index contributed by atoms with van der Waals surface area (Å²) in [4.78, 5) is 22.8. The summed E-state index contributed by atoms with van der Waals surface area (Å²) in [7, 11) is 1.33. The second-order valence-electron chi connectivity index (χ2n) is 3.99. The van der Waals surface area contributed by atoms with Crippen LogP contribution in [0.25, 0.3) is 0 Å². The number of Topliss-reactive ketones (excluding diaryl/α,β-unsaturated/α-hetero) is 1. The van der Waals surface area contributed by atoms with E-state index in [0.717, 1.165) is 6.42 Å². The Morgan fingerprint density at radius 2 is 2.08 bits per heavy atom. The predicted molar refractivity (Wildman–Crippen MR) is 48.1 cm³/mol. The van der Waals surface area contributed by atoms with Crippen LogP contribution in [0, 0.1) is 17.8 Å². The fourth-order valence-electron chi connectivity index (χ4n) is 2.13. The standard InChI is InChI=1S/C10H16O3/c1-6-4-7(2)9(8(11)5-6)10(12)13-3/h6-7,9H,4-5H2,1-3H3. The van der Waals surface area contributed by atoms with Crippen molar-refractivity contribution in [1.29, 1.82) is 0 Å². The minimum Gasteiger partial charge on any atom is -0.468 e. The molecule has 3 unspecified atom stereocenters. The largest absolute Gasteiger partial charge is 0.468 e. The van der Waals surface area contributed by atoms with Crippen LogP contribution >= 0.6 is 0 Å². The number of rotatable bonds is 1. The Hall–Kier alpha value is -0.860. The molecule has 0 aromatic heterocycles. The van der Waals surface area contributed by atoms with Crippen molar-refractivity contribution in [2.45, 2.75) is 26.7 Å². The Bertz CT molecular complexity index is 222. The molecule has 1 fully saturated rings. The fraction of sp³-hybridized carbons (Fsp3) is 0.800. The average Bonchev–Trinajstić information content (AvgIpc) is 2.02. The van der Waals surface area contributed by atoms with Crippen LogP contribution in [-0.4, -0.2) is 18.9 Å². The van der Waals surface area contributed by atoms with Crippen LogP contribution in [0.2, 0.25) is 0 Å². The molecule has 74 valence electrons. The molecule has 0 radical (unpaired) electrons. The quantitative estimate of drug-likeness (QED) is 0.457. The number of hydrogen-bond acceptors (Lipinski definition) is 3. The molecule has 0 aromatic rings. The first-order valence-corrected chi connectivity index (χ1v) is 4.66. The molecule has 1 aliphatic carbocycles. The maximum Gasteiger partial charge on any atom is 0.316 e. The molecule has 1 rings (SSSR count). The van der Waals surface area contributed by atoms with Gasteiger partial charge in [0.25, 0.3) is 0 Å². The van der Waals surface area contributed by atoms with Crippen LogP contribution in [0.5, 0.6) is 0 Å². The molecule has 0 bridgehead atoms. The number of esters is 1. The van der Waals surface area contributed by atoms with Gasteiger partial charge in [-0.1, -0.05) is 13.8 Å². The average molecular weight is 184 g/mol. The molecule has 0 N–H and O–H groups in total. The second-order valence-corrected chi connectivity index (χ2v) is 3.99. The summed E-state index contributed by atoms with van der Waals surface area (Å²) in [5.74, 6) is -0.309. The molecule has 0 amide bonds. The summed E-state index contributed by atoms with van der Waals surface area (Å²) in [6.45, 7) is 3.98. The van der Waals surface area contributed by atoms with Crippen molar-refractivity contribution in [3.63, 3.8) is 0 Å². The first kappa shape index (κ1) is 10.2. The predicted octanol–water partition coefficient (Wildman–Crippen LogP) is 1.41. The Morgan fingerprint density at radius 1 is 1.46 bits per heavy atom. The smallest absolute Gasteiger partial charge is 0.316 e. The van der Waals surface area contributed by atoms with Gasteiger partial charge in [0.1, 0.15) is 11.7 Å². The van der Waals surface area contributed by atoms with E-state index in [9.17, 15) is 9.59 Å². The molecular weight excluding hydrogens is 168 g/mol. The van der Waals surface area contributed by atoms with Crippen LogP contribution in [-0.2, 0) is 14.3 Å². The van der Waals surface area contributed by atoms with Crippen LogP contribution in [0.15, 0.2) is 0 Å². The van der Waals surface area contributed by atoms with Crippen molar-refractivity contribution >= 4 is 11.8 Å². The summed E-state index contributed by atoms with van der Waals surface area (Å²) in [6.07, 6.45) is 1.45. The molecular formula is C10H16O3. The first-order valence-electron chi connectivity index (χ1n) is 4.66. The molecule has 3 atom stereocenters. The highest BCUT2D eigenvalue weighted by Crippen LogP contribution is 2.31. The topological polar surface area (TPSA) is 43.4 Å². The van der Waals surface area contributed by atoms with Crippen LogP contribution in [0.1, 0.15) is 26.7 Å². The van der Waals surface area contributed by atoms with Gasteiger partial charge in [0.15, 0.2) is 0 Å². The summed E-state index contributed by atoms with van der Waals surface area (Å²) in [6, 6.07) is 0. The maximum absolute atomic E-state index is 11.5. The normalized spacial score (nSPS) is 34.4. The molecule has 0 heterocycles. The van der Waals surface area contributed by atoms with Gasteiger partial charge in [-0.3, -0.25) is 9.59 Å². The van der Waals surface area contributed by atoms with Crippen molar-refractivity contribution < 1.29 is 14.3 Å². The van der Waals surface area contributed by atoms with E-state index in [4.69, 9.17) is 0 Å². The van der Waals surface area contributed by atoms with Gasteiger partial charge in [0.05, 0.1) is 7.11 Å². The van der Waals surface area contributed by atoms with E-state index in [1.807, 2.05) is 13.8 Å². The highest BCUT2D eigenvalue weighted by Gasteiger charge is 2.37. The van der Waals surface area contributed by atoms with E-state index < -0.39 is 5.92 Å². The highest BCUT2D eigenvalue weighted by molar-refractivity contribution is 5.99. The second kappa shape index (κ2) is 3.90. The SMILES string of the molecule is COC(=O)C1C(=O)CC(C)CC1C. The Labute approximate surface area is 78.5 Å². The molecule has 3 nitrogen and oxygen atoms in total. The first-order chi connectivity index (χ1) is 6.06. The summed E-state index contributed by atoms with van der Waals surface area (Å²) in [5, 5.41) is 0. The van der Waals surface area contributed by atoms with Crippen molar-refractivity contribution in [1.82, 2.24) is 0 Å². The fourth-order valence-corrected chi connectivity index (χ4v) is 2.13. The van der Waals surface area contributed by atoms with Gasteiger partial charge in [-0.25, -0.2) is 0 Å². The summed E-state index contributed by atoms with van der Waals surface area (Å²) in [5.41, 5.74) is 0. The number of carbonyl (C=O) groups excluding carboxylic acids is 2. The third-order valence-corrected chi connectivity index (χ3v) is 2.69. The Kier molecular flexibility index (Phi) is 3.07. The van der Waals surface area contributed by atoms with Crippen LogP contribution < -0.4 is 0 Å². The number of ether oxygens (including phenoxy) is 1. The van der Waals surface area contributed by atoms with Crippen molar-refractivity contribution in [3.05, 3.63) is 0 Å². The summed E-state index contributed by atoms with van der Waals surface area (Å²) >= 11 is 0. The van der Waals surface area contributed by atoms with Gasteiger partial charge < -0.3 is 4.74 Å². The number of carbonyl (C=O) groups is 2. The van der Waals surface area contributed by atoms with Gasteiger partial charge in [-0.15, -0.1) is 0 Å². The Balaban J connectivity index is 2.72. The molecule has 13 heavy (non-hydrogen) atoms. The lowest BCUT2D eigenvalue weighted by Gasteiger charge is -2.29. The van der Waals surface area contributed by atoms with Crippen LogP contribution in [0.3, 0.4) is 0 Å². The van der Waals surface area contributed by atoms with Crippen molar-refractivity contribution in [2.24, 2.45) is 17.8 Å². The van der Waals surface area contributed by atoms with Gasteiger partial charge >= 0.3 is 5.97 Å². The zero-order valence-electron chi connectivity index (χ0n) is 8.37. The maximum atomic E-state index is 11.5. The molecule has 0 saturated heterocycles. The third kappa shape index (κ3) is 2.08. The minimum atomic E-state index is -0.513. The molecule has 1 aliphatic rings. The van der Waals surface area contributed by atoms with Gasteiger partial charge in [0, 0.05) is 6.42 Å². The van der Waals surface area contributed by atoms with E-state index in [1.54, 1.807) is 0 Å². The third-order valence-electron chi connectivity index (χ3n) is 2.69. The number of hydrogen-bond donors (Lipinski definition) is 0. The van der Waals surface area contributed by atoms with Crippen molar-refractivity contribution in [3.8, 4) is 0 Å². The zero-order valence-corrected chi connectivity index (χ0v) is 8.37. The van der Waals surface area contributed by atoms with Crippen LogP contribution in [0.4, 0.5) is 0 Å². The molecule has 1 saturated carbocycles. The molecule has 3 heteroatoms. The van der Waals surface area contributed by atoms with E-state index in [2.05, 4.69) is 4.74 Å². The van der Waals surface area contributed by atoms with E-state index in [0.29, 0.717) is 12.3 Å². The highest BCUT2D eigenvalue weighted by atomic mass is 16.5. The number of ketones is 1. The zero-order chi connectivity index (χ0) is 10.0. The van der Waals surface area contributed by atoms with Gasteiger partial charge in [0.2, 0.25) is 0 Å². The van der Waals surface area contributed by atoms with Gasteiger partial charge in [-0.05, 0) is 18.3 Å². The van der Waals surface area contributed by atoms with E-state index >= 15 is 0 Å². The van der Waals surface area contributed by atoms with Crippen molar-refractivity contribution in [2.75, 3.05) is 7.11 Å². The molecule has 0 aliphatic heterocycles. The summed E-state index contributed by atoms with van der Waals surface area (Å²) < 4.78 is 4.61. The number of methoxy groups -OCH3 is 1. The van der Waals surface area contributed by atoms with E-state index in [-0.39, 0.29) is 17.7 Å². The lowest BCUT2D eigenvalue weighted by molar-refractivity contribution is -0.153. The lowest BCUT2D eigenvalue weighted by atomic mass is 9.75. The minimum absolute atomic E-state index is 0.0399. The molecule has 0 spiro atoms. The lowest BCUT2D eigenvalue weighted by Crippen LogP contribution is -2.37. The Morgan fingerprint density at radius 3 is 2.54 bits per heavy atom. The van der Waals surface area contributed by atoms with Gasteiger partial charge in [-0.2, -0.15) is 0 Å². The molecule has 0 aromatic carbocycles. The van der Waals surface area contributed by atoms with E-state index in [1.165, 1.54) is 7.11 Å².